The summed E-state index contributed by atoms with van der Waals surface area (Å²) in [5.41, 5.74) is 1.42. The van der Waals surface area contributed by atoms with Crippen molar-refractivity contribution in [2.75, 3.05) is 5.32 Å². The van der Waals surface area contributed by atoms with Crippen molar-refractivity contribution < 1.29 is 14.0 Å². The molecule has 0 atom stereocenters. The minimum absolute atomic E-state index is 0.144. The van der Waals surface area contributed by atoms with Crippen molar-refractivity contribution in [3.63, 3.8) is 0 Å². The van der Waals surface area contributed by atoms with Gasteiger partial charge in [0.25, 0.3) is 11.8 Å². The highest BCUT2D eigenvalue weighted by molar-refractivity contribution is 7.13. The van der Waals surface area contributed by atoms with Gasteiger partial charge in [0.2, 0.25) is 0 Å². The second-order valence-corrected chi connectivity index (χ2v) is 8.14. The molecule has 2 amide bonds. The van der Waals surface area contributed by atoms with Crippen LogP contribution in [0.4, 0.5) is 10.1 Å². The number of thiazole rings is 1. The fraction of sp³-hybridized carbons (Fsp3) is 0.300. The van der Waals surface area contributed by atoms with Crippen LogP contribution < -0.4 is 10.6 Å². The molecule has 9 heteroatoms. The highest BCUT2D eigenvalue weighted by Crippen LogP contribution is 2.22. The largest absolute Gasteiger partial charge is 0.346 e. The molecule has 0 aliphatic carbocycles. The molecule has 3 aromatic rings. The summed E-state index contributed by atoms with van der Waals surface area (Å²) in [6.45, 7) is 7.64. The zero-order chi connectivity index (χ0) is 21.1. The van der Waals surface area contributed by atoms with Gasteiger partial charge in [0.15, 0.2) is 0 Å². The zero-order valence-corrected chi connectivity index (χ0v) is 17.4. The van der Waals surface area contributed by atoms with Gasteiger partial charge in [-0.2, -0.15) is 5.10 Å². The molecule has 0 saturated heterocycles. The van der Waals surface area contributed by atoms with E-state index < -0.39 is 11.7 Å². The summed E-state index contributed by atoms with van der Waals surface area (Å²) in [4.78, 5) is 29.4. The Balaban J connectivity index is 1.73. The third-order valence-corrected chi connectivity index (χ3v) is 5.19. The number of aryl methyl sites for hydroxylation is 2. The molecule has 29 heavy (non-hydrogen) atoms. The van der Waals surface area contributed by atoms with Crippen molar-refractivity contribution in [1.82, 2.24) is 20.1 Å². The molecule has 3 rings (SSSR count). The van der Waals surface area contributed by atoms with Gasteiger partial charge in [-0.05, 0) is 51.5 Å². The van der Waals surface area contributed by atoms with Crippen molar-refractivity contribution in [2.45, 2.75) is 40.3 Å². The Hall–Kier alpha value is -3.07. The standard InChI is InChI=1S/C20H22FN5O2S/c1-11(2)26-6-5-14(25-26)9-23-19(27)15-8-17(12(3)7-16(15)21)24-20(28)18-10-22-13(4)29-18/h5-8,10-11H,9H2,1-4H3,(H,23,27)(H,24,28). The van der Waals surface area contributed by atoms with Gasteiger partial charge in [0.1, 0.15) is 10.7 Å². The second-order valence-electron chi connectivity index (χ2n) is 6.91. The molecule has 152 valence electrons. The fourth-order valence-corrected chi connectivity index (χ4v) is 3.33. The van der Waals surface area contributed by atoms with E-state index in [1.54, 1.807) is 24.6 Å². The lowest BCUT2D eigenvalue weighted by atomic mass is 10.1. The Labute approximate surface area is 172 Å². The van der Waals surface area contributed by atoms with E-state index in [4.69, 9.17) is 0 Å². The van der Waals surface area contributed by atoms with Crippen LogP contribution in [0.25, 0.3) is 0 Å². The van der Waals surface area contributed by atoms with Crippen LogP contribution in [0.3, 0.4) is 0 Å². The van der Waals surface area contributed by atoms with Gasteiger partial charge in [-0.3, -0.25) is 14.3 Å². The van der Waals surface area contributed by atoms with E-state index in [0.717, 1.165) is 5.01 Å². The minimum atomic E-state index is -0.653. The highest BCUT2D eigenvalue weighted by Gasteiger charge is 2.17. The number of aromatic nitrogens is 3. The molecule has 2 N–H and O–H groups in total. The predicted octanol–water partition coefficient (Wildman–Crippen LogP) is 3.86. The molecule has 0 unspecified atom stereocenters. The maximum Gasteiger partial charge on any atom is 0.267 e. The molecule has 0 aliphatic rings. The van der Waals surface area contributed by atoms with Gasteiger partial charge in [0.05, 0.1) is 29.0 Å². The Morgan fingerprint density at radius 2 is 2.00 bits per heavy atom. The molecular weight excluding hydrogens is 393 g/mol. The number of rotatable bonds is 6. The van der Waals surface area contributed by atoms with E-state index in [1.165, 1.54) is 29.7 Å². The first-order valence-electron chi connectivity index (χ1n) is 9.10. The Kier molecular flexibility index (Phi) is 6.07. The molecule has 0 aliphatic heterocycles. The molecule has 0 bridgehead atoms. The van der Waals surface area contributed by atoms with Crippen LogP contribution in [-0.4, -0.2) is 26.6 Å². The molecule has 2 heterocycles. The summed E-state index contributed by atoms with van der Waals surface area (Å²) >= 11 is 1.26. The summed E-state index contributed by atoms with van der Waals surface area (Å²) in [5.74, 6) is -1.58. The van der Waals surface area contributed by atoms with Crippen LogP contribution in [-0.2, 0) is 6.54 Å². The normalized spacial score (nSPS) is 11.0. The molecule has 0 spiro atoms. The smallest absolute Gasteiger partial charge is 0.267 e. The predicted molar refractivity (Wildman–Crippen MR) is 110 cm³/mol. The van der Waals surface area contributed by atoms with Crippen LogP contribution >= 0.6 is 11.3 Å². The number of halogens is 1. The average Bonchev–Trinajstić information content (AvgIpc) is 3.31. The molecule has 1 aromatic carbocycles. The van der Waals surface area contributed by atoms with E-state index in [0.29, 0.717) is 21.8 Å². The molecule has 0 saturated carbocycles. The van der Waals surface area contributed by atoms with Gasteiger partial charge < -0.3 is 10.6 Å². The molecular formula is C20H22FN5O2S. The summed E-state index contributed by atoms with van der Waals surface area (Å²) in [5, 5.41) is 10.5. The van der Waals surface area contributed by atoms with Crippen LogP contribution in [0, 0.1) is 19.7 Å². The summed E-state index contributed by atoms with van der Waals surface area (Å²) in [6.07, 6.45) is 3.31. The number of anilines is 1. The summed E-state index contributed by atoms with van der Waals surface area (Å²) in [7, 11) is 0. The van der Waals surface area contributed by atoms with Crippen molar-refractivity contribution in [1.29, 1.82) is 0 Å². The Bertz CT molecular complexity index is 1060. The van der Waals surface area contributed by atoms with Crippen molar-refractivity contribution in [2.24, 2.45) is 0 Å². The van der Waals surface area contributed by atoms with Crippen LogP contribution in [0.5, 0.6) is 0 Å². The third kappa shape index (κ3) is 4.86. The number of carbonyl (C=O) groups excluding carboxylic acids is 2. The quantitative estimate of drug-likeness (QED) is 0.640. The molecule has 0 radical (unpaired) electrons. The zero-order valence-electron chi connectivity index (χ0n) is 16.6. The number of carbonyl (C=O) groups is 2. The van der Waals surface area contributed by atoms with E-state index in [-0.39, 0.29) is 24.1 Å². The minimum Gasteiger partial charge on any atom is -0.346 e. The fourth-order valence-electron chi connectivity index (χ4n) is 2.66. The number of hydrogen-bond donors (Lipinski definition) is 2. The van der Waals surface area contributed by atoms with Crippen molar-refractivity contribution in [3.8, 4) is 0 Å². The van der Waals surface area contributed by atoms with Gasteiger partial charge in [-0.15, -0.1) is 11.3 Å². The third-order valence-electron chi connectivity index (χ3n) is 4.27. The number of hydrogen-bond acceptors (Lipinski definition) is 5. The maximum absolute atomic E-state index is 14.4. The molecule has 0 fully saturated rings. The lowest BCUT2D eigenvalue weighted by Crippen LogP contribution is -2.25. The first-order chi connectivity index (χ1) is 13.7. The topological polar surface area (TPSA) is 88.9 Å². The van der Waals surface area contributed by atoms with Gasteiger partial charge in [-0.1, -0.05) is 0 Å². The number of benzene rings is 1. The molecule has 2 aromatic heterocycles. The van der Waals surface area contributed by atoms with E-state index in [9.17, 15) is 14.0 Å². The Morgan fingerprint density at radius 3 is 2.62 bits per heavy atom. The maximum atomic E-state index is 14.4. The van der Waals surface area contributed by atoms with E-state index in [2.05, 4.69) is 20.7 Å². The number of amides is 2. The van der Waals surface area contributed by atoms with Crippen molar-refractivity contribution in [3.05, 3.63) is 63.1 Å². The van der Waals surface area contributed by atoms with E-state index >= 15 is 0 Å². The highest BCUT2D eigenvalue weighted by atomic mass is 32.1. The SMILES string of the molecule is Cc1ncc(C(=O)Nc2cc(C(=O)NCc3ccn(C(C)C)n3)c(F)cc2C)s1. The van der Waals surface area contributed by atoms with Gasteiger partial charge in [-0.25, -0.2) is 9.37 Å². The van der Waals surface area contributed by atoms with E-state index in [1.807, 2.05) is 20.0 Å². The summed E-state index contributed by atoms with van der Waals surface area (Å²) < 4.78 is 16.2. The molecule has 7 nitrogen and oxygen atoms in total. The van der Waals surface area contributed by atoms with Crippen LogP contribution in [0.2, 0.25) is 0 Å². The number of nitrogens with zero attached hydrogens (tertiary/aromatic N) is 3. The first-order valence-corrected chi connectivity index (χ1v) is 9.92. The Morgan fingerprint density at radius 1 is 1.24 bits per heavy atom. The lowest BCUT2D eigenvalue weighted by Gasteiger charge is -2.11. The second kappa shape index (κ2) is 8.52. The lowest BCUT2D eigenvalue weighted by molar-refractivity contribution is 0.0945. The number of nitrogens with one attached hydrogen (secondary N) is 2. The van der Waals surface area contributed by atoms with Crippen LogP contribution in [0.1, 0.15) is 56.2 Å². The average molecular weight is 415 g/mol. The van der Waals surface area contributed by atoms with Crippen LogP contribution in [0.15, 0.2) is 30.6 Å². The van der Waals surface area contributed by atoms with Gasteiger partial charge >= 0.3 is 0 Å². The summed E-state index contributed by atoms with van der Waals surface area (Å²) in [6, 6.07) is 4.59. The van der Waals surface area contributed by atoms with Crippen molar-refractivity contribution >= 4 is 28.8 Å². The van der Waals surface area contributed by atoms with Gasteiger partial charge in [0, 0.05) is 17.9 Å². The monoisotopic (exact) mass is 415 g/mol. The first kappa shape index (κ1) is 20.7.